The average molecular weight is 314 g/mol. The average Bonchev–Trinajstić information content (AvgIpc) is 2.68. The van der Waals surface area contributed by atoms with Crippen LogP contribution in [0.2, 0.25) is 0 Å². The maximum Gasteiger partial charge on any atom is 0.182 e. The predicted molar refractivity (Wildman–Crippen MR) is 67.3 cm³/mol. The molecule has 15 heavy (non-hydrogen) atoms. The second-order valence-corrected chi connectivity index (χ2v) is 4.29. The number of aromatic amines is 1. The molecule has 78 valence electrons. The molecular weight excluding hydrogens is 303 g/mol. The van der Waals surface area contributed by atoms with Gasteiger partial charge in [0.05, 0.1) is 0 Å². The number of nitrogens with one attached hydrogen (secondary N) is 1. The number of rotatable bonds is 3. The smallest absolute Gasteiger partial charge is 0.182 e. The lowest BCUT2D eigenvalue weighted by Gasteiger charge is -1.97. The predicted octanol–water partition coefficient (Wildman–Crippen LogP) is 1.58. The van der Waals surface area contributed by atoms with Crippen LogP contribution in [0.1, 0.15) is 5.82 Å². The third kappa shape index (κ3) is 2.35. The number of nitrogens with two attached hydrogens (primary N) is 1. The summed E-state index contributed by atoms with van der Waals surface area (Å²) < 4.78 is 1.15. The quantitative estimate of drug-likeness (QED) is 0.845. The summed E-state index contributed by atoms with van der Waals surface area (Å²) in [6.45, 7) is 0.584. The zero-order chi connectivity index (χ0) is 10.7. The van der Waals surface area contributed by atoms with Gasteiger partial charge < -0.3 is 5.73 Å². The number of H-pyrrole nitrogens is 1. The molecule has 0 unspecified atom stereocenters. The lowest BCUT2D eigenvalue weighted by atomic mass is 10.2. The van der Waals surface area contributed by atoms with E-state index in [9.17, 15) is 0 Å². The summed E-state index contributed by atoms with van der Waals surface area (Å²) in [5, 5.41) is 7.06. The van der Waals surface area contributed by atoms with Gasteiger partial charge in [-0.15, -0.1) is 0 Å². The number of benzene rings is 1. The molecule has 2 rings (SSSR count). The highest BCUT2D eigenvalue weighted by atomic mass is 127. The third-order valence-corrected chi connectivity index (χ3v) is 2.97. The van der Waals surface area contributed by atoms with Crippen molar-refractivity contribution >= 4 is 22.6 Å². The fourth-order valence-electron chi connectivity index (χ4n) is 1.31. The first-order chi connectivity index (χ1) is 7.31. The Morgan fingerprint density at radius 2 is 2.13 bits per heavy atom. The monoisotopic (exact) mass is 314 g/mol. The van der Waals surface area contributed by atoms with E-state index < -0.39 is 0 Å². The number of nitrogens with zero attached hydrogens (tertiary/aromatic N) is 2. The van der Waals surface area contributed by atoms with Gasteiger partial charge in [-0.05, 0) is 35.2 Å². The van der Waals surface area contributed by atoms with E-state index in [0.717, 1.165) is 27.2 Å². The van der Waals surface area contributed by atoms with Crippen molar-refractivity contribution in [3.63, 3.8) is 0 Å². The van der Waals surface area contributed by atoms with Crippen molar-refractivity contribution in [3.8, 4) is 11.4 Å². The lowest BCUT2D eigenvalue weighted by molar-refractivity contribution is 0.874. The molecule has 1 aromatic heterocycles. The molecule has 5 heteroatoms. The first-order valence-electron chi connectivity index (χ1n) is 4.67. The van der Waals surface area contributed by atoms with Gasteiger partial charge in [-0.25, -0.2) is 4.98 Å². The van der Waals surface area contributed by atoms with E-state index in [0.29, 0.717) is 6.54 Å². The number of halogens is 1. The molecule has 1 aromatic carbocycles. The standard InChI is InChI=1S/C10H11IN4/c11-8-4-2-1-3-7(8)10-13-9(5-6-12)14-15-10/h1-4H,5-6,12H2,(H,13,14,15). The fourth-order valence-corrected chi connectivity index (χ4v) is 1.94. The van der Waals surface area contributed by atoms with Crippen LogP contribution in [0.5, 0.6) is 0 Å². The van der Waals surface area contributed by atoms with Crippen molar-refractivity contribution in [1.29, 1.82) is 0 Å². The number of aromatic nitrogens is 3. The Hall–Kier alpha value is -0.950. The van der Waals surface area contributed by atoms with E-state index in [-0.39, 0.29) is 0 Å². The highest BCUT2D eigenvalue weighted by Crippen LogP contribution is 2.21. The van der Waals surface area contributed by atoms with Gasteiger partial charge in [0, 0.05) is 15.6 Å². The maximum atomic E-state index is 5.45. The highest BCUT2D eigenvalue weighted by molar-refractivity contribution is 14.1. The molecule has 4 nitrogen and oxygen atoms in total. The Morgan fingerprint density at radius 1 is 1.33 bits per heavy atom. The zero-order valence-corrected chi connectivity index (χ0v) is 10.2. The molecule has 0 aliphatic carbocycles. The second-order valence-electron chi connectivity index (χ2n) is 3.12. The summed E-state index contributed by atoms with van der Waals surface area (Å²) in [4.78, 5) is 4.38. The van der Waals surface area contributed by atoms with Crippen LogP contribution in [0.15, 0.2) is 24.3 Å². The topological polar surface area (TPSA) is 67.6 Å². The Bertz CT molecular complexity index is 452. The fraction of sp³-hybridized carbons (Fsp3) is 0.200. The van der Waals surface area contributed by atoms with Crippen molar-refractivity contribution in [1.82, 2.24) is 15.2 Å². The van der Waals surface area contributed by atoms with Gasteiger partial charge >= 0.3 is 0 Å². The van der Waals surface area contributed by atoms with E-state index in [1.165, 1.54) is 0 Å². The molecule has 1 heterocycles. The van der Waals surface area contributed by atoms with Crippen LogP contribution >= 0.6 is 22.6 Å². The minimum atomic E-state index is 0.584. The molecule has 0 spiro atoms. The molecule has 3 N–H and O–H groups in total. The minimum absolute atomic E-state index is 0.584. The summed E-state index contributed by atoms with van der Waals surface area (Å²) in [7, 11) is 0. The van der Waals surface area contributed by atoms with E-state index in [4.69, 9.17) is 5.73 Å². The van der Waals surface area contributed by atoms with Crippen LogP contribution < -0.4 is 5.73 Å². The van der Waals surface area contributed by atoms with Gasteiger partial charge in [0.2, 0.25) is 0 Å². The Kier molecular flexibility index (Phi) is 3.32. The molecule has 2 aromatic rings. The van der Waals surface area contributed by atoms with Crippen molar-refractivity contribution < 1.29 is 0 Å². The van der Waals surface area contributed by atoms with Crippen LogP contribution in [-0.4, -0.2) is 21.7 Å². The summed E-state index contributed by atoms with van der Waals surface area (Å²) in [5.41, 5.74) is 6.50. The molecule has 0 bridgehead atoms. The number of hydrogen-bond acceptors (Lipinski definition) is 3. The van der Waals surface area contributed by atoms with Crippen LogP contribution in [0.3, 0.4) is 0 Å². The zero-order valence-electron chi connectivity index (χ0n) is 8.07. The molecule has 0 amide bonds. The van der Waals surface area contributed by atoms with Crippen LogP contribution in [-0.2, 0) is 6.42 Å². The minimum Gasteiger partial charge on any atom is -0.330 e. The van der Waals surface area contributed by atoms with Gasteiger partial charge in [0.25, 0.3) is 0 Å². The van der Waals surface area contributed by atoms with Gasteiger partial charge in [-0.2, -0.15) is 5.10 Å². The van der Waals surface area contributed by atoms with E-state index in [1.807, 2.05) is 24.3 Å². The van der Waals surface area contributed by atoms with E-state index in [2.05, 4.69) is 37.8 Å². The molecular formula is C10H11IN4. The molecule has 0 aliphatic rings. The van der Waals surface area contributed by atoms with Crippen LogP contribution in [0, 0.1) is 3.57 Å². The third-order valence-electron chi connectivity index (χ3n) is 2.03. The molecule has 0 saturated heterocycles. The van der Waals surface area contributed by atoms with Crippen LogP contribution in [0.4, 0.5) is 0 Å². The van der Waals surface area contributed by atoms with Gasteiger partial charge in [-0.1, -0.05) is 18.2 Å². The molecule has 0 radical (unpaired) electrons. The normalized spacial score (nSPS) is 10.5. The van der Waals surface area contributed by atoms with Crippen LogP contribution in [0.25, 0.3) is 11.4 Å². The van der Waals surface area contributed by atoms with E-state index >= 15 is 0 Å². The first-order valence-corrected chi connectivity index (χ1v) is 5.75. The Morgan fingerprint density at radius 3 is 2.87 bits per heavy atom. The summed E-state index contributed by atoms with van der Waals surface area (Å²) in [6, 6.07) is 8.03. The summed E-state index contributed by atoms with van der Waals surface area (Å²) in [6.07, 6.45) is 0.733. The second kappa shape index (κ2) is 4.71. The lowest BCUT2D eigenvalue weighted by Crippen LogP contribution is -2.03. The Balaban J connectivity index is 2.33. The molecule has 0 atom stereocenters. The first kappa shape index (κ1) is 10.6. The maximum absolute atomic E-state index is 5.45. The van der Waals surface area contributed by atoms with Crippen molar-refractivity contribution in [2.24, 2.45) is 5.73 Å². The van der Waals surface area contributed by atoms with Gasteiger partial charge in [-0.3, -0.25) is 5.10 Å². The van der Waals surface area contributed by atoms with Gasteiger partial charge in [0.1, 0.15) is 5.82 Å². The van der Waals surface area contributed by atoms with Crippen molar-refractivity contribution in [3.05, 3.63) is 33.7 Å². The van der Waals surface area contributed by atoms with E-state index in [1.54, 1.807) is 0 Å². The molecule has 0 aliphatic heterocycles. The SMILES string of the molecule is NCCc1nc(-c2ccccc2I)n[nH]1. The van der Waals surface area contributed by atoms with Crippen molar-refractivity contribution in [2.75, 3.05) is 6.54 Å². The highest BCUT2D eigenvalue weighted by Gasteiger charge is 2.07. The van der Waals surface area contributed by atoms with Gasteiger partial charge in [0.15, 0.2) is 5.82 Å². The molecule has 0 fully saturated rings. The Labute approximate surface area is 101 Å². The number of hydrogen-bond donors (Lipinski definition) is 2. The largest absolute Gasteiger partial charge is 0.330 e. The van der Waals surface area contributed by atoms with Crippen molar-refractivity contribution in [2.45, 2.75) is 6.42 Å². The summed E-state index contributed by atoms with van der Waals surface area (Å²) >= 11 is 2.28. The summed E-state index contributed by atoms with van der Waals surface area (Å²) in [5.74, 6) is 1.58. The molecule has 0 saturated carbocycles.